The van der Waals surface area contributed by atoms with Crippen molar-refractivity contribution in [2.75, 3.05) is 0 Å². The highest BCUT2D eigenvalue weighted by Crippen LogP contribution is 2.27. The van der Waals surface area contributed by atoms with Crippen LogP contribution in [0, 0.1) is 0 Å². The molecule has 0 fully saturated rings. The largest absolute Gasteiger partial charge is 0.291 e. The summed E-state index contributed by atoms with van der Waals surface area (Å²) in [5.74, 6) is -0.357. The standard InChI is InChI=1S/C14H11NO3S/c16-14-12-8-4-5-9-13(12)19(17)15(14)18-10-11-6-2-1-3-7-11/h1-9H,10H2. The van der Waals surface area contributed by atoms with Gasteiger partial charge in [0.05, 0.1) is 10.5 Å². The molecule has 2 aromatic rings. The van der Waals surface area contributed by atoms with E-state index in [1.165, 1.54) is 0 Å². The van der Waals surface area contributed by atoms with Crippen molar-refractivity contribution >= 4 is 16.9 Å². The van der Waals surface area contributed by atoms with Gasteiger partial charge >= 0.3 is 0 Å². The van der Waals surface area contributed by atoms with E-state index in [2.05, 4.69) is 0 Å². The molecule has 0 radical (unpaired) electrons. The third kappa shape index (κ3) is 2.18. The van der Waals surface area contributed by atoms with Gasteiger partial charge in [0.1, 0.15) is 6.61 Å². The fourth-order valence-electron chi connectivity index (χ4n) is 1.87. The van der Waals surface area contributed by atoms with E-state index in [1.54, 1.807) is 24.3 Å². The molecule has 19 heavy (non-hydrogen) atoms. The van der Waals surface area contributed by atoms with Crippen LogP contribution in [0.1, 0.15) is 15.9 Å². The van der Waals surface area contributed by atoms with E-state index in [0.29, 0.717) is 10.5 Å². The molecule has 1 heterocycles. The number of carbonyl (C=O) groups excluding carboxylic acids is 1. The zero-order valence-corrected chi connectivity index (χ0v) is 10.8. The number of rotatable bonds is 3. The SMILES string of the molecule is O=C1c2ccccc2S(=O)N1OCc1ccccc1. The summed E-state index contributed by atoms with van der Waals surface area (Å²) in [5, 5.41) is 0. The average molecular weight is 273 g/mol. The normalized spacial score (nSPS) is 17.6. The molecule has 1 aliphatic rings. The number of hydrogen-bond donors (Lipinski definition) is 0. The highest BCUT2D eigenvalue weighted by atomic mass is 32.2. The molecule has 1 amide bonds. The molecule has 0 N–H and O–H groups in total. The minimum Gasteiger partial charge on any atom is -0.266 e. The van der Waals surface area contributed by atoms with Crippen LogP contribution in [0.25, 0.3) is 0 Å². The molecule has 1 aliphatic heterocycles. The lowest BCUT2D eigenvalue weighted by molar-refractivity contribution is -0.0637. The van der Waals surface area contributed by atoms with Gasteiger partial charge in [0.15, 0.2) is 11.0 Å². The van der Waals surface area contributed by atoms with Crippen LogP contribution in [0.4, 0.5) is 0 Å². The van der Waals surface area contributed by atoms with Gasteiger partial charge in [-0.15, -0.1) is 4.47 Å². The molecule has 5 heteroatoms. The summed E-state index contributed by atoms with van der Waals surface area (Å²) in [4.78, 5) is 17.9. The number of nitrogens with zero attached hydrogens (tertiary/aromatic N) is 1. The Bertz CT molecular complexity index is 607. The molecule has 0 aromatic heterocycles. The van der Waals surface area contributed by atoms with E-state index in [0.717, 1.165) is 10.0 Å². The van der Waals surface area contributed by atoms with Gasteiger partial charge in [-0.25, -0.2) is 4.21 Å². The quantitative estimate of drug-likeness (QED) is 0.862. The summed E-state index contributed by atoms with van der Waals surface area (Å²) in [6.45, 7) is 0.215. The number of hydrogen-bond acceptors (Lipinski definition) is 3. The zero-order chi connectivity index (χ0) is 13.2. The topological polar surface area (TPSA) is 46.6 Å². The average Bonchev–Trinajstić information content (AvgIpc) is 2.71. The maximum atomic E-state index is 12.1. The van der Waals surface area contributed by atoms with Gasteiger partial charge < -0.3 is 0 Å². The lowest BCUT2D eigenvalue weighted by Gasteiger charge is -2.13. The summed E-state index contributed by atoms with van der Waals surface area (Å²) < 4.78 is 13.1. The van der Waals surface area contributed by atoms with E-state index in [9.17, 15) is 9.00 Å². The lowest BCUT2D eigenvalue weighted by atomic mass is 10.2. The van der Waals surface area contributed by atoms with E-state index < -0.39 is 11.0 Å². The summed E-state index contributed by atoms with van der Waals surface area (Å²) >= 11 is 0. The van der Waals surface area contributed by atoms with Crippen LogP contribution in [0.3, 0.4) is 0 Å². The second-order valence-electron chi connectivity index (χ2n) is 4.07. The molecule has 0 aliphatic carbocycles. The van der Waals surface area contributed by atoms with Gasteiger partial charge in [-0.05, 0) is 17.7 Å². The van der Waals surface area contributed by atoms with Gasteiger partial charge in [-0.1, -0.05) is 42.5 Å². The summed E-state index contributed by atoms with van der Waals surface area (Å²) in [7, 11) is -1.58. The van der Waals surface area contributed by atoms with Crippen LogP contribution in [-0.4, -0.2) is 14.6 Å². The molecule has 3 rings (SSSR count). The van der Waals surface area contributed by atoms with Crippen molar-refractivity contribution in [3.8, 4) is 0 Å². The first-order chi connectivity index (χ1) is 9.27. The zero-order valence-electron chi connectivity index (χ0n) is 9.98. The van der Waals surface area contributed by atoms with E-state index in [-0.39, 0.29) is 12.5 Å². The monoisotopic (exact) mass is 273 g/mol. The first-order valence-electron chi connectivity index (χ1n) is 5.79. The van der Waals surface area contributed by atoms with Crippen LogP contribution in [0.2, 0.25) is 0 Å². The van der Waals surface area contributed by atoms with E-state index >= 15 is 0 Å². The molecular formula is C14H11NO3S. The fraction of sp³-hybridized carbons (Fsp3) is 0.0714. The van der Waals surface area contributed by atoms with Crippen LogP contribution in [0.15, 0.2) is 59.5 Å². The Hall–Kier alpha value is -1.98. The number of benzene rings is 2. The highest BCUT2D eigenvalue weighted by Gasteiger charge is 2.35. The third-order valence-electron chi connectivity index (χ3n) is 2.81. The van der Waals surface area contributed by atoms with Crippen molar-refractivity contribution in [2.45, 2.75) is 11.5 Å². The lowest BCUT2D eigenvalue weighted by Crippen LogP contribution is -2.26. The minimum atomic E-state index is -1.58. The first-order valence-corrected chi connectivity index (χ1v) is 6.90. The van der Waals surface area contributed by atoms with Crippen LogP contribution in [0.5, 0.6) is 0 Å². The fourth-order valence-corrected chi connectivity index (χ4v) is 2.99. The van der Waals surface area contributed by atoms with E-state index in [4.69, 9.17) is 4.84 Å². The maximum Gasteiger partial charge on any atom is 0.291 e. The summed E-state index contributed by atoms with van der Waals surface area (Å²) in [5.41, 5.74) is 1.36. The Morgan fingerprint density at radius 2 is 1.68 bits per heavy atom. The Labute approximate surface area is 113 Å². The molecule has 1 atom stereocenters. The van der Waals surface area contributed by atoms with Gasteiger partial charge in [-0.2, -0.15) is 0 Å². The van der Waals surface area contributed by atoms with E-state index in [1.807, 2.05) is 30.3 Å². The van der Waals surface area contributed by atoms with Crippen LogP contribution in [-0.2, 0) is 22.4 Å². The highest BCUT2D eigenvalue weighted by molar-refractivity contribution is 7.83. The van der Waals surface area contributed by atoms with Crippen LogP contribution >= 0.6 is 0 Å². The van der Waals surface area contributed by atoms with Gasteiger partial charge in [0, 0.05) is 0 Å². The van der Waals surface area contributed by atoms with Crippen molar-refractivity contribution in [3.05, 3.63) is 65.7 Å². The molecule has 0 saturated carbocycles. The molecule has 1 unspecified atom stereocenters. The molecule has 96 valence electrons. The maximum absolute atomic E-state index is 12.1. The number of hydroxylamine groups is 1. The Morgan fingerprint density at radius 1 is 1.00 bits per heavy atom. The molecule has 2 aromatic carbocycles. The van der Waals surface area contributed by atoms with Gasteiger partial charge in [-0.3, -0.25) is 9.63 Å². The van der Waals surface area contributed by atoms with Crippen molar-refractivity contribution in [1.82, 2.24) is 4.47 Å². The summed E-state index contributed by atoms with van der Waals surface area (Å²) in [6.07, 6.45) is 0. The molecule has 0 bridgehead atoms. The smallest absolute Gasteiger partial charge is 0.266 e. The van der Waals surface area contributed by atoms with Crippen molar-refractivity contribution < 1.29 is 13.8 Å². The number of carbonyl (C=O) groups is 1. The number of fused-ring (bicyclic) bond motifs is 1. The molecule has 4 nitrogen and oxygen atoms in total. The van der Waals surface area contributed by atoms with Crippen molar-refractivity contribution in [1.29, 1.82) is 0 Å². The van der Waals surface area contributed by atoms with Crippen molar-refractivity contribution in [3.63, 3.8) is 0 Å². The molecule has 0 spiro atoms. The first kappa shape index (κ1) is 12.1. The number of amides is 1. The third-order valence-corrected chi connectivity index (χ3v) is 4.12. The predicted octanol–water partition coefficient (Wildman–Crippen LogP) is 2.30. The molecule has 0 saturated heterocycles. The van der Waals surface area contributed by atoms with Crippen molar-refractivity contribution in [2.24, 2.45) is 0 Å². The van der Waals surface area contributed by atoms with Gasteiger partial charge in [0.25, 0.3) is 5.91 Å². The minimum absolute atomic E-state index is 0.215. The molecular weight excluding hydrogens is 262 g/mol. The Kier molecular flexibility index (Phi) is 3.15. The second kappa shape index (κ2) is 4.95. The van der Waals surface area contributed by atoms with Crippen LogP contribution < -0.4 is 0 Å². The Morgan fingerprint density at radius 3 is 2.42 bits per heavy atom. The predicted molar refractivity (Wildman–Crippen MR) is 70.3 cm³/mol. The Balaban J connectivity index is 1.78. The second-order valence-corrected chi connectivity index (χ2v) is 5.34. The van der Waals surface area contributed by atoms with Gasteiger partial charge in [0.2, 0.25) is 0 Å². The summed E-state index contributed by atoms with van der Waals surface area (Å²) in [6, 6.07) is 16.3.